The van der Waals surface area contributed by atoms with Crippen LogP contribution in [-0.2, 0) is 7.05 Å². The molecule has 2 aromatic heterocycles. The second-order valence-electron chi connectivity index (χ2n) is 5.98. The fraction of sp³-hybridized carbons (Fsp3) is 0.0500. The van der Waals surface area contributed by atoms with Gasteiger partial charge in [0.25, 0.3) is 0 Å². The number of hydrogen-bond acceptors (Lipinski definition) is 4. The first-order chi connectivity index (χ1) is 12.7. The molecule has 0 aliphatic heterocycles. The van der Waals surface area contributed by atoms with Crippen molar-refractivity contribution in [3.8, 4) is 0 Å². The Balaban J connectivity index is 1.69. The van der Waals surface area contributed by atoms with Crippen molar-refractivity contribution in [1.82, 2.24) is 9.55 Å². The Morgan fingerprint density at radius 1 is 1.00 bits per heavy atom. The normalized spacial score (nSPS) is 12.4. The van der Waals surface area contributed by atoms with Gasteiger partial charge in [-0.2, -0.15) is 4.99 Å². The molecule has 0 spiro atoms. The van der Waals surface area contributed by atoms with Crippen molar-refractivity contribution in [2.45, 2.75) is 0 Å². The summed E-state index contributed by atoms with van der Waals surface area (Å²) < 4.78 is 4.11. The molecule has 0 unspecified atom stereocenters. The van der Waals surface area contributed by atoms with E-state index < -0.39 is 0 Å². The van der Waals surface area contributed by atoms with E-state index in [0.29, 0.717) is 9.81 Å². The maximum Gasteiger partial charge on any atom is 0.308 e. The molecule has 126 valence electrons. The van der Waals surface area contributed by atoms with Gasteiger partial charge in [-0.3, -0.25) is 4.79 Å². The summed E-state index contributed by atoms with van der Waals surface area (Å²) in [7, 11) is 1.94. The Morgan fingerprint density at radius 3 is 2.69 bits per heavy atom. The van der Waals surface area contributed by atoms with Gasteiger partial charge < -0.3 is 4.57 Å². The van der Waals surface area contributed by atoms with Gasteiger partial charge in [0.1, 0.15) is 0 Å². The number of para-hydroxylation sites is 1. The summed E-state index contributed by atoms with van der Waals surface area (Å²) in [5.74, 6) is -0.294. The molecule has 4 nitrogen and oxygen atoms in total. The molecule has 5 aromatic rings. The van der Waals surface area contributed by atoms with E-state index in [1.807, 2.05) is 48.0 Å². The third-order valence-corrected chi connectivity index (χ3v) is 6.58. The minimum atomic E-state index is -0.294. The molecule has 0 radical (unpaired) electrons. The summed E-state index contributed by atoms with van der Waals surface area (Å²) >= 11 is 2.92. The third kappa shape index (κ3) is 2.38. The molecule has 0 saturated carbocycles. The Hall–Kier alpha value is -2.83. The Bertz CT molecular complexity index is 1340. The van der Waals surface area contributed by atoms with E-state index in [9.17, 15) is 4.79 Å². The predicted molar refractivity (Wildman–Crippen MR) is 108 cm³/mol. The van der Waals surface area contributed by atoms with Crippen LogP contribution >= 0.6 is 22.7 Å². The first kappa shape index (κ1) is 15.4. The zero-order valence-electron chi connectivity index (χ0n) is 13.8. The van der Waals surface area contributed by atoms with Crippen molar-refractivity contribution in [2.75, 3.05) is 0 Å². The van der Waals surface area contributed by atoms with E-state index in [0.717, 1.165) is 20.4 Å². The van der Waals surface area contributed by atoms with Crippen LogP contribution in [0.25, 0.3) is 31.2 Å². The van der Waals surface area contributed by atoms with Crippen LogP contribution in [0, 0.1) is 0 Å². The fourth-order valence-corrected chi connectivity index (χ4v) is 5.06. The van der Waals surface area contributed by atoms with Crippen LogP contribution in [0.4, 0.5) is 0 Å². The highest BCUT2D eigenvalue weighted by atomic mass is 32.1. The summed E-state index contributed by atoms with van der Waals surface area (Å²) in [4.78, 5) is 22.1. The molecule has 1 amide bonds. The van der Waals surface area contributed by atoms with Crippen LogP contribution in [0.3, 0.4) is 0 Å². The van der Waals surface area contributed by atoms with Crippen LogP contribution in [0.5, 0.6) is 0 Å². The number of aryl methyl sites for hydroxylation is 1. The minimum Gasteiger partial charge on any atom is -0.319 e. The van der Waals surface area contributed by atoms with Crippen molar-refractivity contribution >= 4 is 59.8 Å². The van der Waals surface area contributed by atoms with E-state index in [2.05, 4.69) is 34.2 Å². The van der Waals surface area contributed by atoms with Gasteiger partial charge in [-0.25, -0.2) is 4.98 Å². The number of rotatable bonds is 1. The summed E-state index contributed by atoms with van der Waals surface area (Å²) in [5.41, 5.74) is 1.91. The Labute approximate surface area is 156 Å². The zero-order chi connectivity index (χ0) is 17.7. The lowest BCUT2D eigenvalue weighted by Crippen LogP contribution is -2.13. The van der Waals surface area contributed by atoms with Gasteiger partial charge in [0.05, 0.1) is 20.4 Å². The van der Waals surface area contributed by atoms with Crippen LogP contribution < -0.4 is 4.80 Å². The van der Waals surface area contributed by atoms with Gasteiger partial charge in [-0.1, -0.05) is 53.8 Å². The lowest BCUT2D eigenvalue weighted by Gasteiger charge is -1.99. The molecule has 0 fully saturated rings. The van der Waals surface area contributed by atoms with Crippen LogP contribution in [0.2, 0.25) is 0 Å². The van der Waals surface area contributed by atoms with E-state index in [4.69, 9.17) is 0 Å². The SMILES string of the molecule is Cn1c(=NC(=O)c2nc3ccccc3s2)sc2c3ccccc3ccc21. The lowest BCUT2D eigenvalue weighted by molar-refractivity contribution is 0.0998. The van der Waals surface area contributed by atoms with Crippen molar-refractivity contribution in [1.29, 1.82) is 0 Å². The monoisotopic (exact) mass is 375 g/mol. The van der Waals surface area contributed by atoms with E-state index in [-0.39, 0.29) is 5.91 Å². The van der Waals surface area contributed by atoms with Crippen LogP contribution in [-0.4, -0.2) is 15.5 Å². The Kier molecular flexibility index (Phi) is 3.48. The third-order valence-electron chi connectivity index (χ3n) is 4.37. The average molecular weight is 375 g/mol. The maximum atomic E-state index is 12.7. The van der Waals surface area contributed by atoms with Gasteiger partial charge in [0.2, 0.25) is 0 Å². The molecule has 0 N–H and O–H groups in total. The standard InChI is InChI=1S/C20H13N3OS2/c1-23-15-11-10-12-6-2-3-7-13(12)17(15)26-20(23)22-18(24)19-21-14-8-4-5-9-16(14)25-19/h2-11H,1H3. The topological polar surface area (TPSA) is 47.2 Å². The molecule has 2 heterocycles. The largest absolute Gasteiger partial charge is 0.319 e. The summed E-state index contributed by atoms with van der Waals surface area (Å²) in [6.07, 6.45) is 0. The maximum absolute atomic E-state index is 12.7. The molecule has 6 heteroatoms. The second kappa shape index (κ2) is 5.86. The minimum absolute atomic E-state index is 0.294. The fourth-order valence-electron chi connectivity index (χ4n) is 3.06. The second-order valence-corrected chi connectivity index (χ2v) is 7.99. The average Bonchev–Trinajstić information content (AvgIpc) is 3.24. The highest BCUT2D eigenvalue weighted by Crippen LogP contribution is 2.27. The number of benzene rings is 3. The van der Waals surface area contributed by atoms with E-state index >= 15 is 0 Å². The van der Waals surface area contributed by atoms with Crippen molar-refractivity contribution < 1.29 is 4.79 Å². The van der Waals surface area contributed by atoms with Gasteiger partial charge in [0.15, 0.2) is 9.81 Å². The molecule has 0 atom stereocenters. The van der Waals surface area contributed by atoms with Gasteiger partial charge in [-0.15, -0.1) is 11.3 Å². The predicted octanol–water partition coefficient (Wildman–Crippen LogP) is 4.74. The molecule has 0 bridgehead atoms. The number of thiazole rings is 2. The lowest BCUT2D eigenvalue weighted by atomic mass is 10.1. The number of aromatic nitrogens is 2. The number of amides is 1. The van der Waals surface area contributed by atoms with Crippen molar-refractivity contribution in [2.24, 2.45) is 12.0 Å². The summed E-state index contributed by atoms with van der Waals surface area (Å²) in [6.45, 7) is 0. The van der Waals surface area contributed by atoms with Gasteiger partial charge in [-0.05, 0) is 23.6 Å². The molecule has 5 rings (SSSR count). The summed E-state index contributed by atoms with van der Waals surface area (Å²) in [5, 5.41) is 2.79. The number of nitrogens with zero attached hydrogens (tertiary/aromatic N) is 3. The number of fused-ring (bicyclic) bond motifs is 4. The zero-order valence-corrected chi connectivity index (χ0v) is 15.5. The molecular formula is C20H13N3OS2. The first-order valence-corrected chi connectivity index (χ1v) is 9.76. The number of hydrogen-bond donors (Lipinski definition) is 0. The van der Waals surface area contributed by atoms with Crippen molar-refractivity contribution in [3.05, 3.63) is 70.5 Å². The molecule has 26 heavy (non-hydrogen) atoms. The Morgan fingerprint density at radius 2 is 1.81 bits per heavy atom. The highest BCUT2D eigenvalue weighted by Gasteiger charge is 2.13. The van der Waals surface area contributed by atoms with Crippen LogP contribution in [0.15, 0.2) is 65.7 Å². The van der Waals surface area contributed by atoms with E-state index in [1.165, 1.54) is 33.4 Å². The first-order valence-electron chi connectivity index (χ1n) is 8.12. The van der Waals surface area contributed by atoms with Crippen molar-refractivity contribution in [3.63, 3.8) is 0 Å². The molecule has 0 saturated heterocycles. The molecule has 3 aromatic carbocycles. The number of carbonyl (C=O) groups excluding carboxylic acids is 1. The molecular weight excluding hydrogens is 362 g/mol. The molecule has 0 aliphatic rings. The van der Waals surface area contributed by atoms with Crippen LogP contribution in [0.1, 0.15) is 9.80 Å². The van der Waals surface area contributed by atoms with Gasteiger partial charge >= 0.3 is 5.91 Å². The van der Waals surface area contributed by atoms with Gasteiger partial charge in [0, 0.05) is 12.4 Å². The smallest absolute Gasteiger partial charge is 0.308 e. The van der Waals surface area contributed by atoms with E-state index in [1.54, 1.807) is 0 Å². The number of carbonyl (C=O) groups is 1. The summed E-state index contributed by atoms with van der Waals surface area (Å²) in [6, 6.07) is 20.2. The molecule has 0 aliphatic carbocycles. The highest BCUT2D eigenvalue weighted by molar-refractivity contribution is 7.20. The quantitative estimate of drug-likeness (QED) is 0.425.